The van der Waals surface area contributed by atoms with E-state index in [0.29, 0.717) is 24.9 Å². The van der Waals surface area contributed by atoms with Crippen molar-refractivity contribution >= 4 is 0 Å². The van der Waals surface area contributed by atoms with Crippen LogP contribution in [0.3, 0.4) is 0 Å². The van der Waals surface area contributed by atoms with Crippen molar-refractivity contribution < 1.29 is 8.94 Å². The second-order valence-corrected chi connectivity index (χ2v) is 5.98. The van der Waals surface area contributed by atoms with Crippen molar-refractivity contribution in [1.29, 1.82) is 0 Å². The van der Waals surface area contributed by atoms with E-state index in [9.17, 15) is 0 Å². The summed E-state index contributed by atoms with van der Waals surface area (Å²) >= 11 is 0. The van der Waals surface area contributed by atoms with Crippen LogP contribution in [0.5, 0.6) is 0 Å². The van der Waals surface area contributed by atoms with Crippen LogP contribution in [0, 0.1) is 0 Å². The number of aromatic nitrogens is 2. The van der Waals surface area contributed by atoms with Crippen molar-refractivity contribution in [3.05, 3.63) is 71.8 Å². The third-order valence-corrected chi connectivity index (χ3v) is 4.06. The third kappa shape index (κ3) is 3.68. The molecule has 0 amide bonds. The van der Waals surface area contributed by atoms with Gasteiger partial charge in [-0.25, -0.2) is 0 Å². The molecule has 0 aliphatic heterocycles. The molecule has 1 aromatic carbocycles. The Hall–Kier alpha value is -2.40. The number of nitrogens with zero attached hydrogens (tertiary/aromatic N) is 3. The average molecular weight is 309 g/mol. The molecule has 118 valence electrons. The minimum absolute atomic E-state index is 0.601. The lowest BCUT2D eigenvalue weighted by Crippen LogP contribution is -2.25. The van der Waals surface area contributed by atoms with Gasteiger partial charge in [0, 0.05) is 12.5 Å². The molecule has 2 aromatic heterocycles. The molecule has 23 heavy (non-hydrogen) atoms. The average Bonchev–Trinajstić information content (AvgIpc) is 3.12. The zero-order chi connectivity index (χ0) is 15.5. The zero-order valence-electron chi connectivity index (χ0n) is 12.9. The molecule has 1 saturated carbocycles. The van der Waals surface area contributed by atoms with E-state index in [1.54, 1.807) is 6.26 Å². The first-order valence-electron chi connectivity index (χ1n) is 7.98. The van der Waals surface area contributed by atoms with Gasteiger partial charge in [-0.3, -0.25) is 4.90 Å². The number of hydrogen-bond donors (Lipinski definition) is 0. The van der Waals surface area contributed by atoms with Crippen LogP contribution < -0.4 is 0 Å². The van der Waals surface area contributed by atoms with E-state index in [1.165, 1.54) is 18.4 Å². The molecule has 2 heterocycles. The molecule has 5 nitrogen and oxygen atoms in total. The fraction of sp³-hybridized carbons (Fsp3) is 0.333. The van der Waals surface area contributed by atoms with E-state index in [1.807, 2.05) is 30.3 Å². The van der Waals surface area contributed by atoms with Crippen molar-refractivity contribution in [3.8, 4) is 0 Å². The van der Waals surface area contributed by atoms with Crippen LogP contribution in [-0.4, -0.2) is 21.1 Å². The maximum Gasteiger partial charge on any atom is 0.240 e. The van der Waals surface area contributed by atoms with Crippen LogP contribution in [0.1, 0.15) is 35.9 Å². The van der Waals surface area contributed by atoms with Crippen molar-refractivity contribution in [2.24, 2.45) is 0 Å². The van der Waals surface area contributed by atoms with Crippen LogP contribution in [0.4, 0.5) is 0 Å². The molecule has 4 rings (SSSR count). The topological polar surface area (TPSA) is 55.3 Å². The van der Waals surface area contributed by atoms with Gasteiger partial charge < -0.3 is 8.94 Å². The van der Waals surface area contributed by atoms with Crippen molar-refractivity contribution in [2.45, 2.75) is 38.4 Å². The normalized spacial score (nSPS) is 14.5. The van der Waals surface area contributed by atoms with Crippen LogP contribution in [0.2, 0.25) is 0 Å². The summed E-state index contributed by atoms with van der Waals surface area (Å²) in [5.41, 5.74) is 1.19. The molecule has 1 aliphatic carbocycles. The highest BCUT2D eigenvalue weighted by molar-refractivity contribution is 5.18. The first-order valence-corrected chi connectivity index (χ1v) is 7.98. The highest BCUT2D eigenvalue weighted by atomic mass is 16.5. The molecule has 1 fully saturated rings. The molecule has 3 aromatic rings. The summed E-state index contributed by atoms with van der Waals surface area (Å²) in [5, 5.41) is 4.11. The third-order valence-electron chi connectivity index (χ3n) is 4.06. The number of benzene rings is 1. The van der Waals surface area contributed by atoms with Crippen LogP contribution in [0.25, 0.3) is 0 Å². The Labute approximate surface area is 134 Å². The molecular weight excluding hydrogens is 290 g/mol. The molecule has 0 bridgehead atoms. The molecule has 0 saturated heterocycles. The van der Waals surface area contributed by atoms with Gasteiger partial charge in [0.2, 0.25) is 5.89 Å². The molecular formula is C18H19N3O2. The van der Waals surface area contributed by atoms with E-state index in [2.05, 4.69) is 27.2 Å². The van der Waals surface area contributed by atoms with Crippen molar-refractivity contribution in [3.63, 3.8) is 0 Å². The van der Waals surface area contributed by atoms with Gasteiger partial charge in [-0.15, -0.1) is 0 Å². The number of furan rings is 1. The Morgan fingerprint density at radius 3 is 2.65 bits per heavy atom. The van der Waals surface area contributed by atoms with Gasteiger partial charge in [-0.1, -0.05) is 35.5 Å². The predicted octanol–water partition coefficient (Wildman–Crippen LogP) is 3.42. The largest absolute Gasteiger partial charge is 0.468 e. The van der Waals surface area contributed by atoms with Gasteiger partial charge in [0.15, 0.2) is 5.82 Å². The molecule has 0 spiro atoms. The molecule has 5 heteroatoms. The van der Waals surface area contributed by atoms with Crippen LogP contribution >= 0.6 is 0 Å². The van der Waals surface area contributed by atoms with Gasteiger partial charge in [-0.2, -0.15) is 4.98 Å². The standard InChI is InChI=1S/C18H19N3O2/c1-2-5-14(6-3-1)11-17-19-18(23-20-17)13-21(15-8-9-15)12-16-7-4-10-22-16/h1-7,10,15H,8-9,11-13H2. The Kier molecular flexibility index (Phi) is 3.94. The van der Waals surface area contributed by atoms with Gasteiger partial charge >= 0.3 is 0 Å². The predicted molar refractivity (Wildman–Crippen MR) is 84.5 cm³/mol. The summed E-state index contributed by atoms with van der Waals surface area (Å²) in [6, 6.07) is 14.7. The second kappa shape index (κ2) is 6.38. The monoisotopic (exact) mass is 309 g/mol. The quantitative estimate of drug-likeness (QED) is 0.669. The highest BCUT2D eigenvalue weighted by Crippen LogP contribution is 2.29. The fourth-order valence-corrected chi connectivity index (χ4v) is 2.73. The van der Waals surface area contributed by atoms with Gasteiger partial charge in [-0.05, 0) is 30.5 Å². The van der Waals surface area contributed by atoms with Crippen molar-refractivity contribution in [2.75, 3.05) is 0 Å². The summed E-state index contributed by atoms with van der Waals surface area (Å²) in [7, 11) is 0. The first-order chi connectivity index (χ1) is 11.4. The van der Waals surface area contributed by atoms with Crippen molar-refractivity contribution in [1.82, 2.24) is 15.0 Å². The van der Waals surface area contributed by atoms with Crippen LogP contribution in [0.15, 0.2) is 57.7 Å². The maximum absolute atomic E-state index is 5.46. The Morgan fingerprint density at radius 2 is 1.91 bits per heavy atom. The molecule has 0 unspecified atom stereocenters. The minimum atomic E-state index is 0.601. The second-order valence-electron chi connectivity index (χ2n) is 5.98. The van der Waals surface area contributed by atoms with E-state index in [-0.39, 0.29) is 0 Å². The Bertz CT molecular complexity index is 733. The lowest BCUT2D eigenvalue weighted by molar-refractivity contribution is 0.195. The summed E-state index contributed by atoms with van der Waals surface area (Å²) in [6.45, 7) is 1.46. The summed E-state index contributed by atoms with van der Waals surface area (Å²) < 4.78 is 10.9. The fourth-order valence-electron chi connectivity index (χ4n) is 2.73. The van der Waals surface area contributed by atoms with E-state index in [0.717, 1.165) is 18.1 Å². The number of hydrogen-bond acceptors (Lipinski definition) is 5. The Morgan fingerprint density at radius 1 is 1.04 bits per heavy atom. The lowest BCUT2D eigenvalue weighted by Gasteiger charge is -2.18. The summed E-state index contributed by atoms with van der Waals surface area (Å²) in [4.78, 5) is 6.88. The van der Waals surface area contributed by atoms with E-state index >= 15 is 0 Å². The van der Waals surface area contributed by atoms with E-state index < -0.39 is 0 Å². The van der Waals surface area contributed by atoms with Gasteiger partial charge in [0.1, 0.15) is 5.76 Å². The highest BCUT2D eigenvalue weighted by Gasteiger charge is 2.30. The first kappa shape index (κ1) is 14.2. The maximum atomic E-state index is 5.46. The zero-order valence-corrected chi connectivity index (χ0v) is 12.9. The smallest absolute Gasteiger partial charge is 0.240 e. The van der Waals surface area contributed by atoms with Gasteiger partial charge in [0.25, 0.3) is 0 Å². The van der Waals surface area contributed by atoms with Crippen LogP contribution in [-0.2, 0) is 19.5 Å². The molecule has 1 aliphatic rings. The SMILES string of the molecule is c1ccc(Cc2noc(CN(Cc3ccco3)C3CC3)n2)cc1. The minimum Gasteiger partial charge on any atom is -0.468 e. The van der Waals surface area contributed by atoms with Gasteiger partial charge in [0.05, 0.1) is 19.4 Å². The summed E-state index contributed by atoms with van der Waals surface area (Å²) in [5.74, 6) is 2.38. The Balaban J connectivity index is 1.41. The lowest BCUT2D eigenvalue weighted by atomic mass is 10.1. The summed E-state index contributed by atoms with van der Waals surface area (Å²) in [6.07, 6.45) is 4.87. The molecule has 0 N–H and O–H groups in total. The van der Waals surface area contributed by atoms with E-state index in [4.69, 9.17) is 8.94 Å². The molecule has 0 radical (unpaired) electrons. The molecule has 0 atom stereocenters. The number of rotatable bonds is 7.